The van der Waals surface area contributed by atoms with Crippen LogP contribution in [0, 0.1) is 18.6 Å². The SMILES string of the molecule is CCC(C)(NC(=O)[C@H](C)c1c(C)n(C(=O)c2cccc(Cl)c2)c2cc(F)c(O)c(F)c12)C(=O)O. The van der Waals surface area contributed by atoms with E-state index in [-0.39, 0.29) is 39.2 Å². The van der Waals surface area contributed by atoms with Crippen LogP contribution in [0.15, 0.2) is 30.3 Å². The lowest BCUT2D eigenvalue weighted by Gasteiger charge is -2.26. The first-order chi connectivity index (χ1) is 15.8. The number of phenolic OH excluding ortho intramolecular Hbond substituents is 1. The van der Waals surface area contributed by atoms with Gasteiger partial charge in [0.2, 0.25) is 5.91 Å². The van der Waals surface area contributed by atoms with Crippen molar-refractivity contribution >= 4 is 40.3 Å². The maximum atomic E-state index is 15.1. The first-order valence-corrected chi connectivity index (χ1v) is 10.8. The van der Waals surface area contributed by atoms with Crippen molar-refractivity contribution in [3.8, 4) is 5.75 Å². The van der Waals surface area contributed by atoms with Crippen molar-refractivity contribution in [1.82, 2.24) is 9.88 Å². The summed E-state index contributed by atoms with van der Waals surface area (Å²) in [4.78, 5) is 38.0. The van der Waals surface area contributed by atoms with Crippen LogP contribution in [0.25, 0.3) is 10.9 Å². The molecule has 1 aromatic heterocycles. The van der Waals surface area contributed by atoms with Gasteiger partial charge in [-0.2, -0.15) is 0 Å². The van der Waals surface area contributed by atoms with E-state index in [0.29, 0.717) is 0 Å². The van der Waals surface area contributed by atoms with E-state index in [1.807, 2.05) is 0 Å². The summed E-state index contributed by atoms with van der Waals surface area (Å²) < 4.78 is 30.5. The minimum Gasteiger partial charge on any atom is -0.503 e. The van der Waals surface area contributed by atoms with E-state index >= 15 is 4.39 Å². The van der Waals surface area contributed by atoms with Crippen molar-refractivity contribution in [3.05, 3.63) is 63.8 Å². The first-order valence-electron chi connectivity index (χ1n) is 10.4. The van der Waals surface area contributed by atoms with Gasteiger partial charge >= 0.3 is 5.97 Å². The molecular weight excluding hydrogens is 470 g/mol. The molecule has 1 heterocycles. The predicted molar refractivity (Wildman–Crippen MR) is 122 cm³/mol. The molecule has 1 unspecified atom stereocenters. The van der Waals surface area contributed by atoms with Crippen LogP contribution in [0.3, 0.4) is 0 Å². The maximum Gasteiger partial charge on any atom is 0.329 e. The number of phenols is 1. The largest absolute Gasteiger partial charge is 0.503 e. The second-order valence-corrected chi connectivity index (χ2v) is 8.70. The van der Waals surface area contributed by atoms with Crippen molar-refractivity contribution < 1.29 is 33.4 Å². The number of aromatic nitrogens is 1. The van der Waals surface area contributed by atoms with E-state index in [1.165, 1.54) is 39.0 Å². The van der Waals surface area contributed by atoms with Gasteiger partial charge in [-0.3, -0.25) is 14.2 Å². The number of aromatic hydroxyl groups is 1. The summed E-state index contributed by atoms with van der Waals surface area (Å²) in [7, 11) is 0. The Balaban J connectivity index is 2.26. The van der Waals surface area contributed by atoms with Crippen LogP contribution in [0.4, 0.5) is 8.78 Å². The number of fused-ring (bicyclic) bond motifs is 1. The lowest BCUT2D eigenvalue weighted by molar-refractivity contribution is -0.147. The zero-order valence-electron chi connectivity index (χ0n) is 18.9. The van der Waals surface area contributed by atoms with Crippen LogP contribution in [0.2, 0.25) is 5.02 Å². The number of rotatable bonds is 6. The second-order valence-electron chi connectivity index (χ2n) is 8.27. The van der Waals surface area contributed by atoms with Crippen molar-refractivity contribution in [1.29, 1.82) is 0 Å². The third kappa shape index (κ3) is 4.11. The highest BCUT2D eigenvalue weighted by atomic mass is 35.5. The summed E-state index contributed by atoms with van der Waals surface area (Å²) in [6, 6.07) is 6.77. The van der Waals surface area contributed by atoms with Gasteiger partial charge < -0.3 is 15.5 Å². The van der Waals surface area contributed by atoms with Gasteiger partial charge in [0.1, 0.15) is 5.54 Å². The van der Waals surface area contributed by atoms with Crippen molar-refractivity contribution in [2.24, 2.45) is 0 Å². The maximum absolute atomic E-state index is 15.1. The summed E-state index contributed by atoms with van der Waals surface area (Å²) in [5, 5.41) is 21.8. The lowest BCUT2D eigenvalue weighted by atomic mass is 9.93. The third-order valence-corrected chi connectivity index (χ3v) is 6.32. The second kappa shape index (κ2) is 9.06. The molecule has 3 N–H and O–H groups in total. The molecule has 3 aromatic rings. The highest BCUT2D eigenvalue weighted by molar-refractivity contribution is 6.31. The zero-order chi connectivity index (χ0) is 25.5. The average molecular weight is 493 g/mol. The number of hydrogen-bond acceptors (Lipinski definition) is 4. The first kappa shape index (κ1) is 25.2. The van der Waals surface area contributed by atoms with E-state index in [9.17, 15) is 29.0 Å². The molecular formula is C24H23ClF2N2O5. The Morgan fingerprint density at radius 2 is 1.88 bits per heavy atom. The number of carboxylic acid groups (broad SMARTS) is 1. The van der Waals surface area contributed by atoms with Gasteiger partial charge in [0.05, 0.1) is 11.4 Å². The number of benzene rings is 2. The molecule has 3 rings (SSSR count). The van der Waals surface area contributed by atoms with E-state index in [1.54, 1.807) is 13.0 Å². The Morgan fingerprint density at radius 1 is 1.24 bits per heavy atom. The van der Waals surface area contributed by atoms with Crippen LogP contribution in [0.1, 0.15) is 54.7 Å². The molecule has 2 aromatic carbocycles. The number of carbonyl (C=O) groups is 3. The molecule has 10 heteroatoms. The summed E-state index contributed by atoms with van der Waals surface area (Å²) in [5.74, 6) is -7.67. The van der Waals surface area contributed by atoms with E-state index in [0.717, 1.165) is 10.6 Å². The molecule has 1 amide bonds. The Morgan fingerprint density at radius 3 is 2.44 bits per heavy atom. The number of carbonyl (C=O) groups excluding carboxylic acids is 2. The smallest absolute Gasteiger partial charge is 0.329 e. The van der Waals surface area contributed by atoms with Gasteiger partial charge in [0.15, 0.2) is 17.4 Å². The number of carboxylic acids is 1. The van der Waals surface area contributed by atoms with Gasteiger partial charge in [-0.25, -0.2) is 13.6 Å². The minimum absolute atomic E-state index is 0.0134. The standard InChI is InChI=1S/C24H23ClF2N2O5/c1-5-24(4,23(33)34)28-21(31)11(2)17-12(3)29(22(32)13-7-6-8-14(25)9-13)16-10-15(26)20(30)19(27)18(16)17/h6-11,30H,5H2,1-4H3,(H,28,31)(H,33,34)/t11-,24?/m1/s1. The zero-order valence-corrected chi connectivity index (χ0v) is 19.6. The number of aliphatic carboxylic acids is 1. The molecule has 0 spiro atoms. The fourth-order valence-corrected chi connectivity index (χ4v) is 4.05. The summed E-state index contributed by atoms with van der Waals surface area (Å²) in [5.41, 5.74) is -1.50. The Kier molecular flexibility index (Phi) is 6.71. The highest BCUT2D eigenvalue weighted by Crippen LogP contribution is 2.39. The van der Waals surface area contributed by atoms with E-state index < -0.39 is 46.6 Å². The fraction of sp³-hybridized carbons (Fsp3) is 0.292. The number of amides is 1. The minimum atomic E-state index is -1.58. The molecule has 180 valence electrons. The molecule has 0 aliphatic carbocycles. The normalized spacial score (nSPS) is 14.0. The van der Waals surface area contributed by atoms with Crippen LogP contribution in [-0.4, -0.2) is 38.1 Å². The predicted octanol–water partition coefficient (Wildman–Crippen LogP) is 4.75. The summed E-state index contributed by atoms with van der Waals surface area (Å²) in [6.45, 7) is 5.77. The number of hydrogen-bond donors (Lipinski definition) is 3. The van der Waals surface area contributed by atoms with Gasteiger partial charge in [-0.1, -0.05) is 24.6 Å². The Hall–Kier alpha value is -3.46. The quantitative estimate of drug-likeness (QED) is 0.460. The topological polar surface area (TPSA) is 109 Å². The number of nitrogens with one attached hydrogen (secondary N) is 1. The van der Waals surface area contributed by atoms with Crippen molar-refractivity contribution in [3.63, 3.8) is 0 Å². The fourth-order valence-electron chi connectivity index (χ4n) is 3.86. The molecule has 0 aliphatic heterocycles. The average Bonchev–Trinajstić information content (AvgIpc) is 3.07. The van der Waals surface area contributed by atoms with Crippen molar-refractivity contribution in [2.75, 3.05) is 0 Å². The molecule has 0 fully saturated rings. The van der Waals surface area contributed by atoms with Crippen LogP contribution in [-0.2, 0) is 9.59 Å². The molecule has 2 atom stereocenters. The molecule has 0 aliphatic rings. The highest BCUT2D eigenvalue weighted by Gasteiger charge is 2.36. The van der Waals surface area contributed by atoms with Gasteiger partial charge in [0, 0.05) is 27.7 Å². The lowest BCUT2D eigenvalue weighted by Crippen LogP contribution is -2.52. The van der Waals surface area contributed by atoms with Crippen molar-refractivity contribution in [2.45, 2.75) is 45.6 Å². The molecule has 0 radical (unpaired) electrons. The van der Waals surface area contributed by atoms with Crippen LogP contribution in [0.5, 0.6) is 5.75 Å². The molecule has 0 saturated carbocycles. The van der Waals surface area contributed by atoms with Gasteiger partial charge in [-0.05, 0) is 51.0 Å². The number of nitrogens with zero attached hydrogens (tertiary/aromatic N) is 1. The summed E-state index contributed by atoms with van der Waals surface area (Å²) in [6.07, 6.45) is 0.0785. The monoisotopic (exact) mass is 492 g/mol. The van der Waals surface area contributed by atoms with Gasteiger partial charge in [0.25, 0.3) is 5.91 Å². The number of halogens is 3. The molecule has 0 bridgehead atoms. The molecule has 34 heavy (non-hydrogen) atoms. The Bertz CT molecular complexity index is 1340. The Labute approximate surface area is 198 Å². The van der Waals surface area contributed by atoms with E-state index in [4.69, 9.17) is 11.6 Å². The molecule has 0 saturated heterocycles. The van der Waals surface area contributed by atoms with Crippen LogP contribution < -0.4 is 5.32 Å². The molecule has 7 nitrogen and oxygen atoms in total. The van der Waals surface area contributed by atoms with Gasteiger partial charge in [-0.15, -0.1) is 0 Å². The third-order valence-electron chi connectivity index (χ3n) is 6.09. The van der Waals surface area contributed by atoms with E-state index in [2.05, 4.69) is 5.32 Å². The van der Waals surface area contributed by atoms with Crippen LogP contribution >= 0.6 is 11.6 Å². The summed E-state index contributed by atoms with van der Waals surface area (Å²) >= 11 is 5.99.